The lowest BCUT2D eigenvalue weighted by atomic mass is 10.2. The van der Waals surface area contributed by atoms with Crippen LogP contribution in [0.1, 0.15) is 10.4 Å². The van der Waals surface area contributed by atoms with E-state index in [1.54, 1.807) is 0 Å². The van der Waals surface area contributed by atoms with Crippen LogP contribution in [0.25, 0.3) is 0 Å². The molecular weight excluding hydrogens is 290 g/mol. The number of sulfonamides is 1. The lowest BCUT2D eigenvalue weighted by Crippen LogP contribution is -2.17. The van der Waals surface area contributed by atoms with Gasteiger partial charge in [0.2, 0.25) is 15.8 Å². The van der Waals surface area contributed by atoms with Crippen LogP contribution in [0.15, 0.2) is 17.0 Å². The number of benzene rings is 1. The Morgan fingerprint density at radius 1 is 1.42 bits per heavy atom. The number of carbonyl (C=O) groups excluding carboxylic acids is 1. The van der Waals surface area contributed by atoms with Gasteiger partial charge in [-0.1, -0.05) is 0 Å². The number of nitro groups is 1. The van der Waals surface area contributed by atoms with Crippen LogP contribution >= 0.6 is 0 Å². The van der Waals surface area contributed by atoms with Crippen molar-refractivity contribution in [3.05, 3.63) is 27.8 Å². The molecule has 1 aromatic carbocycles. The number of ether oxygens (including phenoxy) is 1. The highest BCUT2D eigenvalue weighted by Gasteiger charge is 2.29. The molecule has 0 amide bonds. The molecule has 19 heavy (non-hydrogen) atoms. The standard InChI is InChI=1S/C8H6F2N2O6S/c9-8(10)18-7-5(12(14)15)1-4(3-13)2-6(7)19(11,16)17/h1-3,8H,(H2,11,16,17). The molecule has 0 aromatic heterocycles. The Labute approximate surface area is 105 Å². The van der Waals surface area contributed by atoms with Gasteiger partial charge in [-0.25, -0.2) is 13.6 Å². The number of halogens is 2. The molecule has 0 spiro atoms. The molecule has 0 aliphatic carbocycles. The molecule has 0 heterocycles. The molecule has 0 unspecified atom stereocenters. The first-order valence-corrected chi connectivity index (χ1v) is 5.96. The molecule has 2 N–H and O–H groups in total. The number of nitrogens with zero attached hydrogens (tertiary/aromatic N) is 1. The van der Waals surface area contributed by atoms with E-state index in [9.17, 15) is 32.1 Å². The molecular formula is C8H6F2N2O6S. The molecule has 0 aliphatic heterocycles. The first-order valence-electron chi connectivity index (χ1n) is 4.42. The summed E-state index contributed by atoms with van der Waals surface area (Å²) in [7, 11) is -4.59. The van der Waals surface area contributed by atoms with Crippen molar-refractivity contribution in [2.45, 2.75) is 11.5 Å². The van der Waals surface area contributed by atoms with Gasteiger partial charge in [0.25, 0.3) is 0 Å². The summed E-state index contributed by atoms with van der Waals surface area (Å²) in [5.74, 6) is -1.21. The number of aldehydes is 1. The van der Waals surface area contributed by atoms with Crippen LogP contribution in [0.5, 0.6) is 5.75 Å². The average Bonchev–Trinajstić information content (AvgIpc) is 2.26. The Bertz CT molecular complexity index is 630. The number of hydrogen-bond acceptors (Lipinski definition) is 6. The van der Waals surface area contributed by atoms with Gasteiger partial charge in [-0.2, -0.15) is 8.78 Å². The third-order valence-electron chi connectivity index (χ3n) is 1.90. The number of alkyl halides is 2. The van der Waals surface area contributed by atoms with Gasteiger partial charge >= 0.3 is 12.3 Å². The van der Waals surface area contributed by atoms with Gasteiger partial charge in [-0.15, -0.1) is 0 Å². The van der Waals surface area contributed by atoms with Gasteiger partial charge in [-0.3, -0.25) is 14.9 Å². The molecule has 0 aliphatic rings. The van der Waals surface area contributed by atoms with Crippen molar-refractivity contribution in [2.24, 2.45) is 5.14 Å². The van der Waals surface area contributed by atoms with Gasteiger partial charge in [0.15, 0.2) is 0 Å². The largest absolute Gasteiger partial charge is 0.426 e. The lowest BCUT2D eigenvalue weighted by Gasteiger charge is -2.10. The summed E-state index contributed by atoms with van der Waals surface area (Å²) in [6.07, 6.45) is 0.105. The average molecular weight is 296 g/mol. The molecule has 0 atom stereocenters. The van der Waals surface area contributed by atoms with E-state index in [1.807, 2.05) is 0 Å². The molecule has 0 fully saturated rings. The Kier molecular flexibility index (Phi) is 4.11. The minimum absolute atomic E-state index is 0.105. The van der Waals surface area contributed by atoms with Crippen LogP contribution in [-0.2, 0) is 10.0 Å². The maximum absolute atomic E-state index is 12.2. The molecule has 11 heteroatoms. The second-order valence-electron chi connectivity index (χ2n) is 3.17. The monoisotopic (exact) mass is 296 g/mol. The summed E-state index contributed by atoms with van der Waals surface area (Å²) in [4.78, 5) is 19.0. The van der Waals surface area contributed by atoms with E-state index < -0.39 is 43.5 Å². The lowest BCUT2D eigenvalue weighted by molar-refractivity contribution is -0.386. The summed E-state index contributed by atoms with van der Waals surface area (Å²) in [6, 6.07) is 1.20. The van der Waals surface area contributed by atoms with E-state index in [2.05, 4.69) is 4.74 Å². The molecule has 0 saturated carbocycles. The van der Waals surface area contributed by atoms with Crippen molar-refractivity contribution in [1.82, 2.24) is 0 Å². The second kappa shape index (κ2) is 5.24. The highest BCUT2D eigenvalue weighted by Crippen LogP contribution is 2.35. The minimum Gasteiger partial charge on any atom is -0.426 e. The molecule has 1 rings (SSSR count). The molecule has 0 radical (unpaired) electrons. The smallest absolute Gasteiger partial charge is 0.387 e. The fraction of sp³-hybridized carbons (Fsp3) is 0.125. The maximum Gasteiger partial charge on any atom is 0.387 e. The Hall–Kier alpha value is -2.14. The van der Waals surface area contributed by atoms with Crippen molar-refractivity contribution in [3.8, 4) is 5.75 Å². The fourth-order valence-electron chi connectivity index (χ4n) is 1.23. The van der Waals surface area contributed by atoms with Gasteiger partial charge in [0.05, 0.1) is 4.92 Å². The zero-order valence-corrected chi connectivity index (χ0v) is 9.76. The molecule has 1 aromatic rings. The third-order valence-corrected chi connectivity index (χ3v) is 2.82. The van der Waals surface area contributed by atoms with E-state index >= 15 is 0 Å². The number of nitro benzene ring substituents is 1. The molecule has 0 saturated heterocycles. The van der Waals surface area contributed by atoms with Gasteiger partial charge < -0.3 is 4.74 Å². The summed E-state index contributed by atoms with van der Waals surface area (Å²) in [5.41, 5.74) is -1.52. The Morgan fingerprint density at radius 2 is 2.00 bits per heavy atom. The number of primary sulfonamides is 1. The van der Waals surface area contributed by atoms with Crippen LogP contribution in [0.3, 0.4) is 0 Å². The molecule has 8 nitrogen and oxygen atoms in total. The summed E-state index contributed by atoms with van der Waals surface area (Å²) < 4.78 is 50.5. The predicted molar refractivity (Wildman–Crippen MR) is 56.5 cm³/mol. The Morgan fingerprint density at radius 3 is 2.37 bits per heavy atom. The number of nitrogens with two attached hydrogens (primary N) is 1. The summed E-state index contributed by atoms with van der Waals surface area (Å²) >= 11 is 0. The SMILES string of the molecule is NS(=O)(=O)c1cc(C=O)cc([N+](=O)[O-])c1OC(F)F. The maximum atomic E-state index is 12.2. The third kappa shape index (κ3) is 3.42. The van der Waals surface area contributed by atoms with Crippen LogP contribution < -0.4 is 9.88 Å². The first-order chi connectivity index (χ1) is 8.66. The quantitative estimate of drug-likeness (QED) is 0.482. The van der Waals surface area contributed by atoms with E-state index in [0.29, 0.717) is 12.1 Å². The zero-order chi connectivity index (χ0) is 14.8. The topological polar surface area (TPSA) is 130 Å². The van der Waals surface area contributed by atoms with Crippen molar-refractivity contribution in [3.63, 3.8) is 0 Å². The van der Waals surface area contributed by atoms with Gasteiger partial charge in [0.1, 0.15) is 11.2 Å². The van der Waals surface area contributed by atoms with Crippen LogP contribution in [-0.4, -0.2) is 26.2 Å². The van der Waals surface area contributed by atoms with Crippen LogP contribution in [0.4, 0.5) is 14.5 Å². The van der Waals surface area contributed by atoms with E-state index in [1.165, 1.54) is 0 Å². The van der Waals surface area contributed by atoms with Crippen molar-refractivity contribution in [1.29, 1.82) is 0 Å². The molecule has 104 valence electrons. The normalized spacial score (nSPS) is 11.4. The van der Waals surface area contributed by atoms with Crippen molar-refractivity contribution >= 4 is 22.0 Å². The Balaban J connectivity index is 3.71. The van der Waals surface area contributed by atoms with E-state index in [4.69, 9.17) is 5.14 Å². The number of rotatable bonds is 5. The fourth-order valence-corrected chi connectivity index (χ4v) is 1.94. The zero-order valence-electron chi connectivity index (χ0n) is 8.95. The number of carbonyl (C=O) groups is 1. The van der Waals surface area contributed by atoms with E-state index in [-0.39, 0.29) is 6.29 Å². The van der Waals surface area contributed by atoms with E-state index in [0.717, 1.165) is 0 Å². The van der Waals surface area contributed by atoms with Gasteiger partial charge in [0, 0.05) is 11.6 Å². The summed E-state index contributed by atoms with van der Waals surface area (Å²) in [6.45, 7) is -3.50. The highest BCUT2D eigenvalue weighted by atomic mass is 32.2. The van der Waals surface area contributed by atoms with Crippen LogP contribution in [0.2, 0.25) is 0 Å². The van der Waals surface area contributed by atoms with Crippen molar-refractivity contribution in [2.75, 3.05) is 0 Å². The van der Waals surface area contributed by atoms with Gasteiger partial charge in [-0.05, 0) is 6.07 Å². The van der Waals surface area contributed by atoms with Crippen LogP contribution in [0, 0.1) is 10.1 Å². The van der Waals surface area contributed by atoms with Crippen molar-refractivity contribution < 1.29 is 31.7 Å². The number of hydrogen-bond donors (Lipinski definition) is 1. The highest BCUT2D eigenvalue weighted by molar-refractivity contribution is 7.89. The molecule has 0 bridgehead atoms. The second-order valence-corrected chi connectivity index (χ2v) is 4.70. The minimum atomic E-state index is -4.59. The summed E-state index contributed by atoms with van der Waals surface area (Å²) in [5, 5.41) is 15.4. The first kappa shape index (κ1) is 14.9. The predicted octanol–water partition coefficient (Wildman–Crippen LogP) is 0.656.